The fraction of sp³-hybridized carbons (Fsp3) is 0.413. The van der Waals surface area contributed by atoms with Gasteiger partial charge in [-0.3, -0.25) is 9.69 Å². The number of nitrogens with zero attached hydrogens (tertiary/aromatic N) is 1. The molecule has 0 amide bonds. The Balaban J connectivity index is 1.30. The van der Waals surface area contributed by atoms with Gasteiger partial charge in [0.1, 0.15) is 5.60 Å². The highest BCUT2D eigenvalue weighted by Crippen LogP contribution is 2.59. The van der Waals surface area contributed by atoms with E-state index in [1.165, 1.54) is 11.6 Å². The van der Waals surface area contributed by atoms with Crippen LogP contribution in [0.3, 0.4) is 0 Å². The van der Waals surface area contributed by atoms with Crippen LogP contribution in [0.25, 0.3) is 0 Å². The van der Waals surface area contributed by atoms with Crippen molar-refractivity contribution in [3.63, 3.8) is 0 Å². The van der Waals surface area contributed by atoms with Crippen molar-refractivity contribution in [1.82, 2.24) is 4.90 Å². The average molecular weight is 720 g/mol. The minimum Gasteiger partial charge on any atom is -0.393 e. The Bertz CT molecular complexity index is 1930. The number of fused-ring (bicyclic) bond motifs is 8. The van der Waals surface area contributed by atoms with E-state index in [1.807, 2.05) is 78.9 Å². The van der Waals surface area contributed by atoms with Gasteiger partial charge >= 0.3 is 0 Å². The first-order valence-electron chi connectivity index (χ1n) is 19.2. The summed E-state index contributed by atoms with van der Waals surface area (Å²) in [6.45, 7) is 5.32. The Hall–Kier alpha value is -4.01. The van der Waals surface area contributed by atoms with Gasteiger partial charge in [0, 0.05) is 29.1 Å². The van der Waals surface area contributed by atoms with Crippen LogP contribution in [-0.4, -0.2) is 56.8 Å². The van der Waals surface area contributed by atoms with Crippen molar-refractivity contribution in [2.75, 3.05) is 13.1 Å². The van der Waals surface area contributed by atoms with Crippen LogP contribution in [-0.2, 0) is 12.0 Å². The zero-order valence-electron chi connectivity index (χ0n) is 30.8. The van der Waals surface area contributed by atoms with Crippen LogP contribution in [0.15, 0.2) is 109 Å². The monoisotopic (exact) mass is 719 g/mol. The smallest absolute Gasteiger partial charge is 0.193 e. The van der Waals surface area contributed by atoms with Crippen molar-refractivity contribution >= 4 is 5.78 Å². The topological polar surface area (TPSA) is 81.0 Å². The first-order chi connectivity index (χ1) is 25.4. The normalized spacial score (nSPS) is 26.9. The number of hydrogen-bond acceptors (Lipinski definition) is 5. The molecule has 2 bridgehead atoms. The van der Waals surface area contributed by atoms with Gasteiger partial charge in [-0.15, -0.1) is 0 Å². The zero-order valence-corrected chi connectivity index (χ0v) is 30.8. The van der Waals surface area contributed by atoms with Gasteiger partial charge in [-0.05, 0) is 124 Å². The third-order valence-electron chi connectivity index (χ3n) is 12.8. The molecular weight excluding hydrogens is 669 g/mol. The molecule has 3 aliphatic carbocycles. The van der Waals surface area contributed by atoms with Crippen molar-refractivity contribution in [3.05, 3.63) is 154 Å². The van der Waals surface area contributed by atoms with E-state index < -0.39 is 40.1 Å². The molecule has 1 heterocycles. The maximum absolute atomic E-state index is 14.5. The summed E-state index contributed by atoms with van der Waals surface area (Å²) < 4.78 is 28.4. The lowest BCUT2D eigenvalue weighted by atomic mass is 9.64. The minimum atomic E-state index is -1.30. The molecular formula is C46H51F2NO4. The number of carbonyl (C=O) groups excluding carboxylic acids is 1. The lowest BCUT2D eigenvalue weighted by molar-refractivity contribution is -0.101. The summed E-state index contributed by atoms with van der Waals surface area (Å²) in [6.07, 6.45) is 7.40. The largest absolute Gasteiger partial charge is 0.393 e. The van der Waals surface area contributed by atoms with Gasteiger partial charge in [0.05, 0.1) is 11.7 Å². The van der Waals surface area contributed by atoms with Gasteiger partial charge in [0.25, 0.3) is 0 Å². The van der Waals surface area contributed by atoms with E-state index >= 15 is 0 Å². The summed E-state index contributed by atoms with van der Waals surface area (Å²) in [5.41, 5.74) is 1.67. The quantitative estimate of drug-likeness (QED) is 0.132. The first-order valence-corrected chi connectivity index (χ1v) is 19.2. The standard InChI is InChI=1S/C46H51F2NO4/c1-31-11-9-24-44(2)39(37-21-18-32(27-36(50)20-17-31)28-38(37)43(51)33-19-22-40(47)41(48)29-33)23-25-45(44,52)30-49-26-10-16-42(49)46(53,34-12-5-3-6-13-34)35-14-7-4-8-15-35/h3-8,11-15,18-19,21-22,28-29,36,39,42,50,52-53H,9-10,16-17,20,23-27,30H2,1-2H3. The molecule has 5 unspecified atom stereocenters. The van der Waals surface area contributed by atoms with E-state index in [1.54, 1.807) is 0 Å². The van der Waals surface area contributed by atoms with Gasteiger partial charge < -0.3 is 15.3 Å². The number of hydrogen-bond donors (Lipinski definition) is 3. The number of β-amino-alcohol motifs (C(OH)–C–C–N with tert-alkyl or cyclic N) is 1. The van der Waals surface area contributed by atoms with Gasteiger partial charge in [-0.1, -0.05) is 91.4 Å². The fourth-order valence-corrected chi connectivity index (χ4v) is 9.75. The summed E-state index contributed by atoms with van der Waals surface area (Å²) in [4.78, 5) is 16.6. The van der Waals surface area contributed by atoms with Gasteiger partial charge in [-0.2, -0.15) is 0 Å². The summed E-state index contributed by atoms with van der Waals surface area (Å²) in [6, 6.07) is 28.3. The molecule has 8 rings (SSSR count). The maximum Gasteiger partial charge on any atom is 0.193 e. The molecule has 3 N–H and O–H groups in total. The van der Waals surface area contributed by atoms with E-state index in [-0.39, 0.29) is 17.5 Å². The lowest BCUT2D eigenvalue weighted by Gasteiger charge is -2.48. The van der Waals surface area contributed by atoms with Crippen molar-refractivity contribution in [2.24, 2.45) is 5.41 Å². The minimum absolute atomic E-state index is 0.0542. The summed E-state index contributed by atoms with van der Waals surface area (Å²) in [7, 11) is 0. The number of aliphatic hydroxyl groups excluding tert-OH is 1. The van der Waals surface area contributed by atoms with E-state index in [2.05, 4.69) is 24.8 Å². The Labute approximate surface area is 312 Å². The van der Waals surface area contributed by atoms with Crippen molar-refractivity contribution < 1.29 is 28.9 Å². The Morgan fingerprint density at radius 1 is 0.887 bits per heavy atom. The van der Waals surface area contributed by atoms with Crippen LogP contribution >= 0.6 is 0 Å². The maximum atomic E-state index is 14.5. The second kappa shape index (κ2) is 15.0. The summed E-state index contributed by atoms with van der Waals surface area (Å²) in [5, 5.41) is 36.9. The predicted octanol–water partition coefficient (Wildman–Crippen LogP) is 8.63. The van der Waals surface area contributed by atoms with Gasteiger partial charge in [-0.25, -0.2) is 8.78 Å². The van der Waals surface area contributed by atoms with E-state index in [4.69, 9.17) is 0 Å². The second-order valence-corrected chi connectivity index (χ2v) is 16.0. The number of rotatable bonds is 7. The molecule has 278 valence electrons. The van der Waals surface area contributed by atoms with Gasteiger partial charge in [0.2, 0.25) is 0 Å². The first kappa shape index (κ1) is 37.3. The Kier molecular flexibility index (Phi) is 10.6. The molecule has 0 aromatic heterocycles. The molecule has 4 aliphatic rings. The highest BCUT2D eigenvalue weighted by molar-refractivity contribution is 6.10. The Morgan fingerprint density at radius 3 is 2.26 bits per heavy atom. The van der Waals surface area contributed by atoms with Crippen LogP contribution < -0.4 is 0 Å². The number of benzene rings is 4. The van der Waals surface area contributed by atoms with Crippen LogP contribution in [0, 0.1) is 17.0 Å². The van der Waals surface area contributed by atoms with Crippen molar-refractivity contribution in [2.45, 2.75) is 101 Å². The molecule has 1 saturated carbocycles. The third kappa shape index (κ3) is 7.05. The van der Waals surface area contributed by atoms with E-state index in [9.17, 15) is 28.9 Å². The number of allylic oxidation sites excluding steroid dienone is 2. The number of likely N-dealkylation sites (tertiary alicyclic amines) is 1. The number of halogens is 2. The van der Waals surface area contributed by atoms with Crippen LogP contribution in [0.2, 0.25) is 0 Å². The SMILES string of the molecule is CC1=CCCC2(C)C(CCC2(O)CN2CCCC2C(O)(c2ccccc2)c2ccccc2)c2ccc(cc2C(=O)c2ccc(F)c(F)c2)CC(O)CC1. The predicted molar refractivity (Wildman–Crippen MR) is 204 cm³/mol. The average Bonchev–Trinajstić information content (AvgIpc) is 3.73. The molecule has 5 nitrogen and oxygen atoms in total. The molecule has 1 aliphatic heterocycles. The molecule has 2 fully saturated rings. The molecule has 0 radical (unpaired) electrons. The zero-order chi connectivity index (χ0) is 37.4. The molecule has 7 heteroatoms. The van der Waals surface area contributed by atoms with Crippen molar-refractivity contribution in [1.29, 1.82) is 0 Å². The molecule has 5 atom stereocenters. The molecule has 4 aromatic rings. The fourth-order valence-electron chi connectivity index (χ4n) is 9.75. The lowest BCUT2D eigenvalue weighted by Crippen LogP contribution is -2.57. The third-order valence-corrected chi connectivity index (χ3v) is 12.8. The number of ketones is 1. The van der Waals surface area contributed by atoms with E-state index in [0.29, 0.717) is 50.6 Å². The number of carbonyl (C=O) groups is 1. The van der Waals surface area contributed by atoms with Crippen molar-refractivity contribution in [3.8, 4) is 0 Å². The van der Waals surface area contributed by atoms with Crippen LogP contribution in [0.1, 0.15) is 109 Å². The number of aliphatic hydroxyl groups is 3. The molecule has 0 spiro atoms. The van der Waals surface area contributed by atoms with Gasteiger partial charge in [0.15, 0.2) is 17.4 Å². The molecule has 1 saturated heterocycles. The van der Waals surface area contributed by atoms with E-state index in [0.717, 1.165) is 60.2 Å². The molecule has 4 aromatic carbocycles. The molecule has 53 heavy (non-hydrogen) atoms. The highest BCUT2D eigenvalue weighted by atomic mass is 19.2. The second-order valence-electron chi connectivity index (χ2n) is 16.0. The summed E-state index contributed by atoms with van der Waals surface area (Å²) >= 11 is 0. The van der Waals surface area contributed by atoms with Crippen LogP contribution in [0.5, 0.6) is 0 Å². The summed E-state index contributed by atoms with van der Waals surface area (Å²) in [5.74, 6) is -2.74. The highest BCUT2D eigenvalue weighted by Gasteiger charge is 2.59. The Morgan fingerprint density at radius 2 is 1.58 bits per heavy atom. The van der Waals surface area contributed by atoms with Crippen LogP contribution in [0.4, 0.5) is 8.78 Å².